The maximum atomic E-state index is 13.3. The molecule has 0 saturated heterocycles. The molecule has 3 N–H and O–H groups in total. The number of rotatable bonds is 2. The van der Waals surface area contributed by atoms with Crippen molar-refractivity contribution >= 4 is 16.6 Å². The second kappa shape index (κ2) is 4.43. The van der Waals surface area contributed by atoms with E-state index in [1.165, 1.54) is 17.7 Å². The molecule has 0 radical (unpaired) electrons. The van der Waals surface area contributed by atoms with Crippen LogP contribution in [0.3, 0.4) is 0 Å². The van der Waals surface area contributed by atoms with Gasteiger partial charge in [-0.3, -0.25) is 0 Å². The first-order chi connectivity index (χ1) is 9.17. The van der Waals surface area contributed by atoms with Crippen LogP contribution < -0.4 is 5.73 Å². The molecule has 19 heavy (non-hydrogen) atoms. The number of benzene rings is 2. The van der Waals surface area contributed by atoms with Crippen LogP contribution in [0.1, 0.15) is 12.5 Å². The minimum absolute atomic E-state index is 0.238. The summed E-state index contributed by atoms with van der Waals surface area (Å²) in [4.78, 5) is 3.27. The third kappa shape index (κ3) is 2.08. The Labute approximate surface area is 111 Å². The minimum atomic E-state index is -0.238. The Hall–Kier alpha value is -2.29. The van der Waals surface area contributed by atoms with Crippen LogP contribution in [0.5, 0.6) is 0 Å². The van der Waals surface area contributed by atoms with Crippen molar-refractivity contribution in [2.24, 2.45) is 0 Å². The summed E-state index contributed by atoms with van der Waals surface area (Å²) >= 11 is 0. The van der Waals surface area contributed by atoms with Crippen LogP contribution in [-0.2, 0) is 6.42 Å². The fraction of sp³-hybridized carbons (Fsp3) is 0.125. The minimum Gasteiger partial charge on any atom is -0.397 e. The largest absolute Gasteiger partial charge is 0.397 e. The summed E-state index contributed by atoms with van der Waals surface area (Å²) in [7, 11) is 0. The molecule has 3 rings (SSSR count). The summed E-state index contributed by atoms with van der Waals surface area (Å²) < 4.78 is 13.3. The Morgan fingerprint density at radius 1 is 1.16 bits per heavy atom. The highest BCUT2D eigenvalue weighted by Crippen LogP contribution is 2.29. The summed E-state index contributed by atoms with van der Waals surface area (Å²) in [6, 6.07) is 12.7. The Morgan fingerprint density at radius 3 is 2.74 bits per heavy atom. The predicted octanol–water partition coefficient (Wildman–Crippen LogP) is 4.12. The number of hydrogen-bond acceptors (Lipinski definition) is 1. The summed E-state index contributed by atoms with van der Waals surface area (Å²) in [6.07, 6.45) is 0.945. The highest BCUT2D eigenvalue weighted by Gasteiger charge is 2.07. The molecule has 2 nitrogen and oxygen atoms in total. The monoisotopic (exact) mass is 254 g/mol. The van der Waals surface area contributed by atoms with E-state index in [9.17, 15) is 4.39 Å². The van der Waals surface area contributed by atoms with E-state index in [1.807, 2.05) is 18.2 Å². The van der Waals surface area contributed by atoms with E-state index in [1.54, 1.807) is 6.07 Å². The number of fused-ring (bicyclic) bond motifs is 1. The number of aromatic amines is 1. The zero-order valence-corrected chi connectivity index (χ0v) is 10.7. The number of halogens is 1. The molecule has 0 amide bonds. The van der Waals surface area contributed by atoms with Gasteiger partial charge in [-0.25, -0.2) is 4.39 Å². The summed E-state index contributed by atoms with van der Waals surface area (Å²) in [5.41, 5.74) is 10.6. The van der Waals surface area contributed by atoms with Gasteiger partial charge in [0, 0.05) is 16.6 Å². The van der Waals surface area contributed by atoms with Crippen molar-refractivity contribution in [3.8, 4) is 11.3 Å². The lowest BCUT2D eigenvalue weighted by Gasteiger charge is -2.00. The van der Waals surface area contributed by atoms with E-state index in [-0.39, 0.29) is 5.82 Å². The number of anilines is 1. The number of nitrogen functional groups attached to an aromatic ring is 1. The third-order valence-electron chi connectivity index (χ3n) is 3.36. The van der Waals surface area contributed by atoms with Crippen LogP contribution in [0.4, 0.5) is 10.1 Å². The Balaban J connectivity index is 2.19. The van der Waals surface area contributed by atoms with Gasteiger partial charge in [-0.1, -0.05) is 19.1 Å². The van der Waals surface area contributed by atoms with Crippen molar-refractivity contribution in [1.82, 2.24) is 4.98 Å². The van der Waals surface area contributed by atoms with E-state index in [0.29, 0.717) is 0 Å². The molecule has 0 bridgehead atoms. The van der Waals surface area contributed by atoms with Gasteiger partial charge in [0.1, 0.15) is 5.82 Å². The molecule has 0 aliphatic carbocycles. The van der Waals surface area contributed by atoms with Crippen LogP contribution in [-0.4, -0.2) is 4.98 Å². The topological polar surface area (TPSA) is 41.8 Å². The zero-order valence-electron chi connectivity index (χ0n) is 10.7. The molecule has 1 aromatic heterocycles. The first kappa shape index (κ1) is 11.8. The van der Waals surface area contributed by atoms with E-state index in [4.69, 9.17) is 5.73 Å². The van der Waals surface area contributed by atoms with Gasteiger partial charge in [-0.2, -0.15) is 0 Å². The number of H-pyrrole nitrogens is 1. The molecule has 0 atom stereocenters. The SMILES string of the molecule is CCc1cc(N)c2[nH]c(-c3cccc(F)c3)cc2c1. The van der Waals surface area contributed by atoms with Crippen LogP contribution in [0, 0.1) is 5.82 Å². The molecule has 3 aromatic rings. The van der Waals surface area contributed by atoms with E-state index < -0.39 is 0 Å². The fourth-order valence-electron chi connectivity index (χ4n) is 2.35. The second-order valence-electron chi connectivity index (χ2n) is 4.70. The highest BCUT2D eigenvalue weighted by atomic mass is 19.1. The van der Waals surface area contributed by atoms with Crippen molar-refractivity contribution < 1.29 is 4.39 Å². The van der Waals surface area contributed by atoms with Crippen LogP contribution >= 0.6 is 0 Å². The maximum Gasteiger partial charge on any atom is 0.123 e. The molecular weight excluding hydrogens is 239 g/mol. The van der Waals surface area contributed by atoms with Gasteiger partial charge < -0.3 is 10.7 Å². The molecule has 1 heterocycles. The average molecular weight is 254 g/mol. The molecule has 0 aliphatic heterocycles. The Morgan fingerprint density at radius 2 is 2.00 bits per heavy atom. The van der Waals surface area contributed by atoms with Gasteiger partial charge in [-0.05, 0) is 42.3 Å². The molecule has 96 valence electrons. The van der Waals surface area contributed by atoms with Gasteiger partial charge in [0.2, 0.25) is 0 Å². The van der Waals surface area contributed by atoms with Crippen LogP contribution in [0.25, 0.3) is 22.2 Å². The van der Waals surface area contributed by atoms with Gasteiger partial charge in [0.15, 0.2) is 0 Å². The summed E-state index contributed by atoms with van der Waals surface area (Å²) in [5, 5.41) is 1.07. The lowest BCUT2D eigenvalue weighted by Crippen LogP contribution is -1.89. The molecule has 0 saturated carbocycles. The van der Waals surface area contributed by atoms with Gasteiger partial charge >= 0.3 is 0 Å². The number of nitrogens with one attached hydrogen (secondary N) is 1. The molecular formula is C16H15FN2. The number of hydrogen-bond donors (Lipinski definition) is 2. The standard InChI is InChI=1S/C16H15FN2/c1-2-10-6-12-9-15(19-16(12)14(18)7-10)11-4-3-5-13(17)8-11/h3-9,19H,2,18H2,1H3. The smallest absolute Gasteiger partial charge is 0.123 e. The van der Waals surface area contributed by atoms with Crippen molar-refractivity contribution in [2.45, 2.75) is 13.3 Å². The number of nitrogens with two attached hydrogens (primary N) is 1. The normalized spacial score (nSPS) is 11.1. The van der Waals surface area contributed by atoms with Crippen LogP contribution in [0.15, 0.2) is 42.5 Å². The van der Waals surface area contributed by atoms with Crippen molar-refractivity contribution in [2.75, 3.05) is 5.73 Å². The molecule has 0 fully saturated rings. The van der Waals surface area contributed by atoms with Gasteiger partial charge in [-0.15, -0.1) is 0 Å². The van der Waals surface area contributed by atoms with E-state index in [2.05, 4.69) is 18.0 Å². The lowest BCUT2D eigenvalue weighted by molar-refractivity contribution is 0.628. The zero-order chi connectivity index (χ0) is 13.4. The fourth-order valence-corrected chi connectivity index (χ4v) is 2.35. The number of aryl methyl sites for hydroxylation is 1. The van der Waals surface area contributed by atoms with E-state index in [0.717, 1.165) is 34.3 Å². The summed E-state index contributed by atoms with van der Waals surface area (Å²) in [6.45, 7) is 2.10. The van der Waals surface area contributed by atoms with Crippen molar-refractivity contribution in [1.29, 1.82) is 0 Å². The maximum absolute atomic E-state index is 13.3. The van der Waals surface area contributed by atoms with Crippen LogP contribution in [0.2, 0.25) is 0 Å². The van der Waals surface area contributed by atoms with Gasteiger partial charge in [0.05, 0.1) is 11.2 Å². The van der Waals surface area contributed by atoms with Gasteiger partial charge in [0.25, 0.3) is 0 Å². The van der Waals surface area contributed by atoms with Crippen molar-refractivity contribution in [3.63, 3.8) is 0 Å². The molecule has 0 spiro atoms. The number of aromatic nitrogens is 1. The first-order valence-corrected chi connectivity index (χ1v) is 6.34. The van der Waals surface area contributed by atoms with Crippen molar-refractivity contribution in [3.05, 3.63) is 53.8 Å². The molecule has 3 heteroatoms. The molecule has 0 aliphatic rings. The van der Waals surface area contributed by atoms with E-state index >= 15 is 0 Å². The quantitative estimate of drug-likeness (QED) is 0.664. The second-order valence-corrected chi connectivity index (χ2v) is 4.70. The third-order valence-corrected chi connectivity index (χ3v) is 3.36. The lowest BCUT2D eigenvalue weighted by atomic mass is 10.1. The summed E-state index contributed by atoms with van der Waals surface area (Å²) in [5.74, 6) is -0.238. The molecule has 0 unspecified atom stereocenters. The first-order valence-electron chi connectivity index (χ1n) is 6.34. The highest BCUT2D eigenvalue weighted by molar-refractivity contribution is 5.94. The molecule has 2 aromatic carbocycles. The Bertz CT molecular complexity index is 744. The average Bonchev–Trinajstić information content (AvgIpc) is 2.83. The Kier molecular flexibility index (Phi) is 2.75. The predicted molar refractivity (Wildman–Crippen MR) is 77.5 cm³/mol.